The third-order valence-electron chi connectivity index (χ3n) is 5.15. The molecule has 1 aliphatic carbocycles. The van der Waals surface area contributed by atoms with E-state index in [0.29, 0.717) is 25.4 Å². The molecule has 4 rings (SSSR count). The molecule has 1 heterocycles. The summed E-state index contributed by atoms with van der Waals surface area (Å²) in [7, 11) is 0. The Morgan fingerprint density at radius 2 is 1.87 bits per heavy atom. The zero-order valence-corrected chi connectivity index (χ0v) is 17.7. The molecule has 156 valence electrons. The largest absolute Gasteiger partial charge is 0.355 e. The van der Waals surface area contributed by atoms with E-state index >= 15 is 0 Å². The summed E-state index contributed by atoms with van der Waals surface area (Å²) in [5.74, 6) is 1.21. The molecule has 1 amide bonds. The van der Waals surface area contributed by atoms with Gasteiger partial charge in [0.15, 0.2) is 5.16 Å². The van der Waals surface area contributed by atoms with Crippen LogP contribution in [0.5, 0.6) is 0 Å². The maximum Gasteiger partial charge on any atom is 0.233 e. The SMILES string of the molecule is C[C@H](Sc1nnc(C2CC2)n1Cc1ccccc1)C(=O)NCCc1ccc(F)cc1. The van der Waals surface area contributed by atoms with Gasteiger partial charge in [0.05, 0.1) is 11.8 Å². The normalized spacial score (nSPS) is 14.5. The standard InChI is InChI=1S/C23H25FN4OS/c1-16(22(29)25-14-13-17-7-11-20(24)12-8-17)30-23-27-26-21(19-9-10-19)28(23)15-18-5-3-2-4-6-18/h2-8,11-12,16,19H,9-10,13-15H2,1H3,(H,25,29)/t16-/m0/s1. The van der Waals surface area contributed by atoms with E-state index < -0.39 is 0 Å². The van der Waals surface area contributed by atoms with Crippen molar-refractivity contribution in [1.82, 2.24) is 20.1 Å². The summed E-state index contributed by atoms with van der Waals surface area (Å²) in [5.41, 5.74) is 2.19. The molecule has 1 aliphatic rings. The summed E-state index contributed by atoms with van der Waals surface area (Å²) >= 11 is 1.44. The highest BCUT2D eigenvalue weighted by atomic mass is 32.2. The van der Waals surface area contributed by atoms with Crippen LogP contribution in [0.2, 0.25) is 0 Å². The first-order valence-electron chi connectivity index (χ1n) is 10.3. The van der Waals surface area contributed by atoms with Gasteiger partial charge in [-0.2, -0.15) is 0 Å². The topological polar surface area (TPSA) is 59.8 Å². The van der Waals surface area contributed by atoms with E-state index in [1.807, 2.05) is 25.1 Å². The molecule has 0 spiro atoms. The first kappa shape index (κ1) is 20.6. The van der Waals surface area contributed by atoms with Crippen molar-refractivity contribution in [2.75, 3.05) is 6.54 Å². The molecule has 1 atom stereocenters. The number of hydrogen-bond donors (Lipinski definition) is 1. The second-order valence-electron chi connectivity index (χ2n) is 7.61. The highest BCUT2D eigenvalue weighted by Crippen LogP contribution is 2.40. The number of carbonyl (C=O) groups is 1. The van der Waals surface area contributed by atoms with Crippen LogP contribution in [0.1, 0.15) is 42.6 Å². The predicted molar refractivity (Wildman–Crippen MR) is 116 cm³/mol. The first-order chi connectivity index (χ1) is 14.6. The highest BCUT2D eigenvalue weighted by Gasteiger charge is 2.31. The third-order valence-corrected chi connectivity index (χ3v) is 6.23. The number of amides is 1. The second kappa shape index (κ2) is 9.43. The van der Waals surface area contributed by atoms with Crippen LogP contribution in [-0.2, 0) is 17.8 Å². The number of rotatable bonds is 9. The Labute approximate surface area is 180 Å². The summed E-state index contributed by atoms with van der Waals surface area (Å²) in [6.45, 7) is 3.11. The molecule has 1 aromatic heterocycles. The fourth-order valence-electron chi connectivity index (χ4n) is 3.28. The first-order valence-corrected chi connectivity index (χ1v) is 11.1. The van der Waals surface area contributed by atoms with Gasteiger partial charge in [-0.1, -0.05) is 54.2 Å². The van der Waals surface area contributed by atoms with Gasteiger partial charge in [-0.3, -0.25) is 4.79 Å². The molecule has 0 unspecified atom stereocenters. The van der Waals surface area contributed by atoms with Crippen LogP contribution in [0.15, 0.2) is 59.8 Å². The molecule has 0 bridgehead atoms. The van der Waals surface area contributed by atoms with E-state index in [4.69, 9.17) is 0 Å². The lowest BCUT2D eigenvalue weighted by atomic mass is 10.1. The minimum atomic E-state index is -0.288. The van der Waals surface area contributed by atoms with E-state index in [1.54, 1.807) is 12.1 Å². The Kier molecular flexibility index (Phi) is 6.47. The van der Waals surface area contributed by atoms with Crippen molar-refractivity contribution in [2.24, 2.45) is 0 Å². The van der Waals surface area contributed by atoms with Gasteiger partial charge in [0.25, 0.3) is 0 Å². The van der Waals surface area contributed by atoms with Crippen LogP contribution < -0.4 is 5.32 Å². The average Bonchev–Trinajstić information content (AvgIpc) is 3.53. The van der Waals surface area contributed by atoms with Crippen LogP contribution in [0.3, 0.4) is 0 Å². The fraction of sp³-hybridized carbons (Fsp3) is 0.348. The van der Waals surface area contributed by atoms with Gasteiger partial charge in [-0.15, -0.1) is 10.2 Å². The monoisotopic (exact) mass is 424 g/mol. The van der Waals surface area contributed by atoms with Crippen molar-refractivity contribution in [3.05, 3.63) is 77.4 Å². The number of carbonyl (C=O) groups excluding carboxylic acids is 1. The van der Waals surface area contributed by atoms with Gasteiger partial charge in [-0.25, -0.2) is 4.39 Å². The molecule has 30 heavy (non-hydrogen) atoms. The number of nitrogens with one attached hydrogen (secondary N) is 1. The second-order valence-corrected chi connectivity index (χ2v) is 8.92. The molecular formula is C23H25FN4OS. The Morgan fingerprint density at radius 1 is 1.13 bits per heavy atom. The lowest BCUT2D eigenvalue weighted by Gasteiger charge is -2.14. The number of nitrogens with zero attached hydrogens (tertiary/aromatic N) is 3. The van der Waals surface area contributed by atoms with Gasteiger partial charge < -0.3 is 9.88 Å². The lowest BCUT2D eigenvalue weighted by molar-refractivity contribution is -0.120. The summed E-state index contributed by atoms with van der Waals surface area (Å²) in [6.07, 6.45) is 2.97. The smallest absolute Gasteiger partial charge is 0.233 e. The Balaban J connectivity index is 1.36. The zero-order valence-electron chi connectivity index (χ0n) is 16.9. The Bertz CT molecular complexity index is 986. The van der Waals surface area contributed by atoms with E-state index in [-0.39, 0.29) is 17.0 Å². The van der Waals surface area contributed by atoms with Crippen molar-refractivity contribution in [3.8, 4) is 0 Å². The summed E-state index contributed by atoms with van der Waals surface area (Å²) in [6, 6.07) is 16.6. The van der Waals surface area contributed by atoms with E-state index in [1.165, 1.54) is 29.5 Å². The van der Waals surface area contributed by atoms with E-state index in [0.717, 1.165) is 29.4 Å². The van der Waals surface area contributed by atoms with Crippen molar-refractivity contribution >= 4 is 17.7 Å². The number of thioether (sulfide) groups is 1. The Morgan fingerprint density at radius 3 is 2.57 bits per heavy atom. The minimum absolute atomic E-state index is 0.0376. The molecule has 1 saturated carbocycles. The number of hydrogen-bond acceptors (Lipinski definition) is 4. The van der Waals surface area contributed by atoms with Gasteiger partial charge in [0, 0.05) is 12.5 Å². The van der Waals surface area contributed by atoms with Gasteiger partial charge in [0.1, 0.15) is 11.6 Å². The van der Waals surface area contributed by atoms with Gasteiger partial charge in [-0.05, 0) is 49.4 Å². The van der Waals surface area contributed by atoms with E-state index in [9.17, 15) is 9.18 Å². The molecule has 0 aliphatic heterocycles. The quantitative estimate of drug-likeness (QED) is 0.524. The molecule has 2 aromatic carbocycles. The average molecular weight is 425 g/mol. The predicted octanol–water partition coefficient (Wildman–Crippen LogP) is 4.18. The van der Waals surface area contributed by atoms with Crippen LogP contribution >= 0.6 is 11.8 Å². The summed E-state index contributed by atoms with van der Waals surface area (Å²) in [5, 5.41) is 12.3. The van der Waals surface area contributed by atoms with Crippen molar-refractivity contribution in [1.29, 1.82) is 0 Å². The number of aromatic nitrogens is 3. The Hall–Kier alpha value is -2.67. The van der Waals surface area contributed by atoms with Crippen LogP contribution in [-0.4, -0.2) is 32.5 Å². The number of benzene rings is 2. The number of halogens is 1. The molecule has 3 aromatic rings. The lowest BCUT2D eigenvalue weighted by Crippen LogP contribution is -2.32. The van der Waals surface area contributed by atoms with Crippen molar-refractivity contribution in [3.63, 3.8) is 0 Å². The van der Waals surface area contributed by atoms with Gasteiger partial charge >= 0.3 is 0 Å². The maximum absolute atomic E-state index is 13.0. The van der Waals surface area contributed by atoms with Crippen molar-refractivity contribution in [2.45, 2.75) is 49.1 Å². The highest BCUT2D eigenvalue weighted by molar-refractivity contribution is 8.00. The minimum Gasteiger partial charge on any atom is -0.355 e. The molecule has 0 saturated heterocycles. The van der Waals surface area contributed by atoms with Crippen molar-refractivity contribution < 1.29 is 9.18 Å². The van der Waals surface area contributed by atoms with Crippen LogP contribution in [0.4, 0.5) is 4.39 Å². The van der Waals surface area contributed by atoms with E-state index in [2.05, 4.69) is 32.2 Å². The molecule has 1 N–H and O–H groups in total. The fourth-order valence-corrected chi connectivity index (χ4v) is 4.16. The molecule has 7 heteroatoms. The summed E-state index contributed by atoms with van der Waals surface area (Å²) < 4.78 is 15.1. The maximum atomic E-state index is 13.0. The zero-order chi connectivity index (χ0) is 20.9. The molecule has 1 fully saturated rings. The molecule has 0 radical (unpaired) electrons. The van der Waals surface area contributed by atoms with Crippen LogP contribution in [0, 0.1) is 5.82 Å². The third kappa shape index (κ3) is 5.27. The van der Waals surface area contributed by atoms with Crippen LogP contribution in [0.25, 0.3) is 0 Å². The molecule has 5 nitrogen and oxygen atoms in total. The molecular weight excluding hydrogens is 399 g/mol. The van der Waals surface area contributed by atoms with Gasteiger partial charge in [0.2, 0.25) is 5.91 Å². The summed E-state index contributed by atoms with van der Waals surface area (Å²) in [4.78, 5) is 12.6.